The van der Waals surface area contributed by atoms with Crippen molar-refractivity contribution in [3.63, 3.8) is 0 Å². The first-order valence-corrected chi connectivity index (χ1v) is 6.99. The fourth-order valence-corrected chi connectivity index (χ4v) is 1.58. The third-order valence-electron chi connectivity index (χ3n) is 2.66. The number of hydrogen-bond acceptors (Lipinski definition) is 4. The number of carbonyl (C=O) groups excluding carboxylic acids is 1. The molecular weight excluding hydrogens is 280 g/mol. The van der Waals surface area contributed by atoms with E-state index in [0.29, 0.717) is 12.5 Å². The predicted molar refractivity (Wildman–Crippen MR) is 87.1 cm³/mol. The van der Waals surface area contributed by atoms with Crippen LogP contribution in [0.15, 0.2) is 35.3 Å². The van der Waals surface area contributed by atoms with Gasteiger partial charge in [-0.3, -0.25) is 15.1 Å². The van der Waals surface area contributed by atoms with Gasteiger partial charge in [-0.25, -0.2) is 0 Å². The molecule has 6 heteroatoms. The number of guanidine groups is 1. The molecule has 1 aromatic rings. The highest BCUT2D eigenvalue weighted by Crippen LogP contribution is 2.11. The minimum atomic E-state index is -0.270. The van der Waals surface area contributed by atoms with E-state index in [1.165, 1.54) is 7.11 Å². The van der Waals surface area contributed by atoms with Crippen molar-refractivity contribution in [1.82, 2.24) is 5.32 Å². The highest BCUT2D eigenvalue weighted by Gasteiger charge is 1.99. The Balaban J connectivity index is 2.64. The molecule has 0 saturated heterocycles. The summed E-state index contributed by atoms with van der Waals surface area (Å²) in [5, 5.41) is 14.2. The Morgan fingerprint density at radius 2 is 2.14 bits per heavy atom. The van der Waals surface area contributed by atoms with Crippen LogP contribution in [-0.2, 0) is 9.53 Å². The zero-order valence-corrected chi connectivity index (χ0v) is 12.8. The third-order valence-corrected chi connectivity index (χ3v) is 2.66. The van der Waals surface area contributed by atoms with Gasteiger partial charge >= 0.3 is 5.97 Å². The molecule has 1 rings (SSSR count). The Labute approximate surface area is 130 Å². The average Bonchev–Trinajstić information content (AvgIpc) is 2.54. The number of hydrogen-bond donors (Lipinski definition) is 2. The lowest BCUT2D eigenvalue weighted by Gasteiger charge is -2.08. The summed E-state index contributed by atoms with van der Waals surface area (Å²) in [6.07, 6.45) is 6.60. The lowest BCUT2D eigenvalue weighted by Crippen LogP contribution is -2.27. The van der Waals surface area contributed by atoms with Crippen molar-refractivity contribution in [3.8, 4) is 6.19 Å². The van der Waals surface area contributed by atoms with Crippen LogP contribution in [0.1, 0.15) is 25.3 Å². The SMILES string of the molecule is CCCN=C(NC#N)Nc1ccc(C=CCC(=O)OC)cc1. The predicted octanol–water partition coefficient (Wildman–Crippen LogP) is 2.51. The normalized spacial score (nSPS) is 11.0. The van der Waals surface area contributed by atoms with Gasteiger partial charge in [0.1, 0.15) is 0 Å². The van der Waals surface area contributed by atoms with Crippen LogP contribution in [0.3, 0.4) is 0 Å². The van der Waals surface area contributed by atoms with Crippen LogP contribution < -0.4 is 10.6 Å². The fourth-order valence-electron chi connectivity index (χ4n) is 1.58. The molecule has 0 fully saturated rings. The van der Waals surface area contributed by atoms with Gasteiger partial charge in [0.05, 0.1) is 13.5 Å². The van der Waals surface area contributed by atoms with E-state index in [2.05, 4.69) is 20.4 Å². The quantitative estimate of drug-likeness (QED) is 0.277. The lowest BCUT2D eigenvalue weighted by atomic mass is 10.2. The van der Waals surface area contributed by atoms with E-state index in [0.717, 1.165) is 17.7 Å². The number of nitrogens with zero attached hydrogens (tertiary/aromatic N) is 2. The average molecular weight is 300 g/mol. The molecule has 0 aromatic heterocycles. The Kier molecular flexibility index (Phi) is 7.83. The smallest absolute Gasteiger partial charge is 0.309 e. The molecule has 22 heavy (non-hydrogen) atoms. The number of methoxy groups -OCH3 is 1. The highest BCUT2D eigenvalue weighted by molar-refractivity contribution is 5.94. The van der Waals surface area contributed by atoms with Gasteiger partial charge < -0.3 is 10.1 Å². The zero-order chi connectivity index (χ0) is 16.2. The number of nitrogens with one attached hydrogen (secondary N) is 2. The molecule has 0 unspecified atom stereocenters. The maximum atomic E-state index is 11.0. The summed E-state index contributed by atoms with van der Waals surface area (Å²) in [6, 6.07) is 7.55. The molecule has 0 aliphatic carbocycles. The minimum Gasteiger partial charge on any atom is -0.469 e. The summed E-state index contributed by atoms with van der Waals surface area (Å²) < 4.78 is 4.56. The Morgan fingerprint density at radius 3 is 2.73 bits per heavy atom. The summed E-state index contributed by atoms with van der Waals surface area (Å²) >= 11 is 0. The molecule has 1 aromatic carbocycles. The summed E-state index contributed by atoms with van der Waals surface area (Å²) in [6.45, 7) is 2.66. The standard InChI is InChI=1S/C16H20N4O2/c1-3-11-18-16(19-12-17)20-14-9-7-13(8-10-14)5-4-6-15(21)22-2/h4-5,7-10H,3,6,11H2,1-2H3,(H2,18,19,20). The first-order valence-electron chi connectivity index (χ1n) is 6.99. The maximum Gasteiger partial charge on any atom is 0.309 e. The summed E-state index contributed by atoms with van der Waals surface area (Å²) in [5.74, 6) is 0.159. The molecule has 116 valence electrons. The van der Waals surface area contributed by atoms with Gasteiger partial charge in [0.25, 0.3) is 0 Å². The molecule has 0 amide bonds. The molecule has 0 radical (unpaired) electrons. The minimum absolute atomic E-state index is 0.246. The topological polar surface area (TPSA) is 86.5 Å². The van der Waals surface area contributed by atoms with Gasteiger partial charge in [0, 0.05) is 12.2 Å². The Hall–Kier alpha value is -2.81. The molecule has 6 nitrogen and oxygen atoms in total. The Morgan fingerprint density at radius 1 is 1.41 bits per heavy atom. The van der Waals surface area contributed by atoms with Gasteiger partial charge in [-0.15, -0.1) is 0 Å². The molecule has 0 aliphatic heterocycles. The van der Waals surface area contributed by atoms with Crippen LogP contribution in [0.25, 0.3) is 6.08 Å². The third kappa shape index (κ3) is 6.57. The van der Waals surface area contributed by atoms with Crippen molar-refractivity contribution in [2.75, 3.05) is 19.0 Å². The summed E-state index contributed by atoms with van der Waals surface area (Å²) in [4.78, 5) is 15.2. The molecule has 0 spiro atoms. The van der Waals surface area contributed by atoms with E-state index in [1.807, 2.05) is 43.5 Å². The van der Waals surface area contributed by atoms with Crippen molar-refractivity contribution >= 4 is 23.7 Å². The van der Waals surface area contributed by atoms with Crippen molar-refractivity contribution in [1.29, 1.82) is 5.26 Å². The Bertz CT molecular complexity index is 571. The molecule has 0 heterocycles. The van der Waals surface area contributed by atoms with E-state index < -0.39 is 0 Å². The van der Waals surface area contributed by atoms with Crippen molar-refractivity contribution < 1.29 is 9.53 Å². The number of carbonyl (C=O) groups is 1. The van der Waals surface area contributed by atoms with Crippen molar-refractivity contribution in [2.45, 2.75) is 19.8 Å². The van der Waals surface area contributed by atoms with E-state index in [4.69, 9.17) is 5.26 Å². The van der Waals surface area contributed by atoms with E-state index in [-0.39, 0.29) is 12.4 Å². The van der Waals surface area contributed by atoms with Gasteiger partial charge in [0.15, 0.2) is 6.19 Å². The van der Waals surface area contributed by atoms with E-state index in [1.54, 1.807) is 6.08 Å². The van der Waals surface area contributed by atoms with Gasteiger partial charge in [-0.2, -0.15) is 5.26 Å². The molecule has 0 bridgehead atoms. The second kappa shape index (κ2) is 10.00. The van der Waals surface area contributed by atoms with Gasteiger partial charge in [-0.05, 0) is 24.1 Å². The van der Waals surface area contributed by atoms with Crippen molar-refractivity contribution in [3.05, 3.63) is 35.9 Å². The molecular formula is C16H20N4O2. The number of anilines is 1. The number of aliphatic imine (C=N–C) groups is 1. The highest BCUT2D eigenvalue weighted by atomic mass is 16.5. The second-order valence-electron chi connectivity index (χ2n) is 4.40. The van der Waals surface area contributed by atoms with Gasteiger partial charge in [0.2, 0.25) is 5.96 Å². The molecule has 0 atom stereocenters. The number of benzene rings is 1. The van der Waals surface area contributed by atoms with Crippen LogP contribution in [0.4, 0.5) is 5.69 Å². The molecule has 2 N–H and O–H groups in total. The summed E-state index contributed by atoms with van der Waals surface area (Å²) in [5.41, 5.74) is 1.79. The van der Waals surface area contributed by atoms with Crippen LogP contribution >= 0.6 is 0 Å². The number of rotatable bonds is 6. The van der Waals surface area contributed by atoms with Crippen LogP contribution in [0, 0.1) is 11.5 Å². The maximum absolute atomic E-state index is 11.0. The molecule has 0 saturated carbocycles. The zero-order valence-electron chi connectivity index (χ0n) is 12.8. The van der Waals surface area contributed by atoms with E-state index in [9.17, 15) is 4.79 Å². The monoisotopic (exact) mass is 300 g/mol. The second-order valence-corrected chi connectivity index (χ2v) is 4.40. The lowest BCUT2D eigenvalue weighted by molar-refractivity contribution is -0.139. The van der Waals surface area contributed by atoms with Crippen LogP contribution in [0.2, 0.25) is 0 Å². The van der Waals surface area contributed by atoms with Gasteiger partial charge in [-0.1, -0.05) is 31.2 Å². The number of esters is 1. The van der Waals surface area contributed by atoms with Crippen LogP contribution in [0.5, 0.6) is 0 Å². The molecule has 0 aliphatic rings. The first-order chi connectivity index (χ1) is 10.7. The largest absolute Gasteiger partial charge is 0.469 e. The number of nitriles is 1. The van der Waals surface area contributed by atoms with Crippen LogP contribution in [-0.4, -0.2) is 25.6 Å². The number of ether oxygens (including phenoxy) is 1. The first kappa shape index (κ1) is 17.2. The summed E-state index contributed by atoms with van der Waals surface area (Å²) in [7, 11) is 1.36. The van der Waals surface area contributed by atoms with E-state index >= 15 is 0 Å². The fraction of sp³-hybridized carbons (Fsp3) is 0.312. The van der Waals surface area contributed by atoms with Crippen molar-refractivity contribution in [2.24, 2.45) is 4.99 Å².